The lowest BCUT2D eigenvalue weighted by atomic mass is 10.3. The fourth-order valence-electron chi connectivity index (χ4n) is 1.88. The standard InChI is InChI=1S/C16H18N2O4S/c1-12(16(19)17-2)22-14-8-10-15(11-9-14)23(20,21)18-13-6-4-3-5-7-13/h3-12,18H,1-2H3,(H,17,19)/t12-/m1/s1. The number of sulfonamides is 1. The number of carbonyl (C=O) groups excluding carboxylic acids is 1. The van der Waals surface area contributed by atoms with Crippen molar-refractivity contribution in [3.05, 3.63) is 54.6 Å². The topological polar surface area (TPSA) is 84.5 Å². The summed E-state index contributed by atoms with van der Waals surface area (Å²) in [5.74, 6) is 0.159. The Bertz CT molecular complexity index is 758. The number of hydrogen-bond acceptors (Lipinski definition) is 4. The van der Waals surface area contributed by atoms with Gasteiger partial charge in [-0.05, 0) is 43.3 Å². The van der Waals surface area contributed by atoms with Crippen LogP contribution in [0.1, 0.15) is 6.92 Å². The average molecular weight is 334 g/mol. The summed E-state index contributed by atoms with van der Waals surface area (Å²) in [5, 5.41) is 2.48. The van der Waals surface area contributed by atoms with Gasteiger partial charge in [0.05, 0.1) is 4.90 Å². The van der Waals surface area contributed by atoms with Crippen LogP contribution in [0.15, 0.2) is 59.5 Å². The predicted octanol–water partition coefficient (Wildman–Crippen LogP) is 2.00. The predicted molar refractivity (Wildman–Crippen MR) is 87.8 cm³/mol. The van der Waals surface area contributed by atoms with E-state index in [0.717, 1.165) is 0 Å². The summed E-state index contributed by atoms with van der Waals surface area (Å²) in [5.41, 5.74) is 0.487. The number of rotatable bonds is 6. The van der Waals surface area contributed by atoms with E-state index >= 15 is 0 Å². The fraction of sp³-hybridized carbons (Fsp3) is 0.188. The number of ether oxygens (including phenoxy) is 1. The van der Waals surface area contributed by atoms with Crippen molar-refractivity contribution in [1.29, 1.82) is 0 Å². The van der Waals surface area contributed by atoms with Crippen molar-refractivity contribution in [2.24, 2.45) is 0 Å². The van der Waals surface area contributed by atoms with E-state index < -0.39 is 16.1 Å². The molecule has 0 saturated heterocycles. The Morgan fingerprint density at radius 1 is 1.04 bits per heavy atom. The van der Waals surface area contributed by atoms with Crippen LogP contribution in [0.3, 0.4) is 0 Å². The number of benzene rings is 2. The molecule has 23 heavy (non-hydrogen) atoms. The third-order valence-electron chi connectivity index (χ3n) is 3.09. The molecule has 0 aliphatic carbocycles. The van der Waals surface area contributed by atoms with Crippen LogP contribution >= 0.6 is 0 Å². The van der Waals surface area contributed by atoms with Gasteiger partial charge in [0.25, 0.3) is 15.9 Å². The van der Waals surface area contributed by atoms with Crippen LogP contribution in [0.4, 0.5) is 5.69 Å². The highest BCUT2D eigenvalue weighted by Crippen LogP contribution is 2.19. The van der Waals surface area contributed by atoms with Crippen LogP contribution in [-0.2, 0) is 14.8 Å². The van der Waals surface area contributed by atoms with E-state index in [2.05, 4.69) is 10.0 Å². The summed E-state index contributed by atoms with van der Waals surface area (Å²) in [6.07, 6.45) is -0.662. The summed E-state index contributed by atoms with van der Waals surface area (Å²) in [6.45, 7) is 1.61. The third-order valence-corrected chi connectivity index (χ3v) is 4.49. The molecule has 2 aromatic rings. The molecule has 0 aromatic heterocycles. The van der Waals surface area contributed by atoms with Gasteiger partial charge in [-0.25, -0.2) is 8.42 Å². The second-order valence-corrected chi connectivity index (χ2v) is 6.50. The molecule has 122 valence electrons. The number of carbonyl (C=O) groups is 1. The van der Waals surface area contributed by atoms with Crippen LogP contribution in [0.2, 0.25) is 0 Å². The van der Waals surface area contributed by atoms with Gasteiger partial charge in [0.2, 0.25) is 0 Å². The first kappa shape index (κ1) is 16.8. The van der Waals surface area contributed by atoms with Gasteiger partial charge >= 0.3 is 0 Å². The van der Waals surface area contributed by atoms with Crippen molar-refractivity contribution in [1.82, 2.24) is 5.32 Å². The van der Waals surface area contributed by atoms with Gasteiger partial charge in [-0.3, -0.25) is 9.52 Å². The molecule has 2 aromatic carbocycles. The smallest absolute Gasteiger partial charge is 0.261 e. The Morgan fingerprint density at radius 3 is 2.22 bits per heavy atom. The van der Waals surface area contributed by atoms with Gasteiger partial charge in [-0.15, -0.1) is 0 Å². The normalized spacial score (nSPS) is 12.3. The van der Waals surface area contributed by atoms with Gasteiger partial charge in [0.1, 0.15) is 5.75 Å². The molecule has 2 N–H and O–H groups in total. The highest BCUT2D eigenvalue weighted by molar-refractivity contribution is 7.92. The number of para-hydroxylation sites is 1. The number of likely N-dealkylation sites (N-methyl/N-ethyl adjacent to an activating group) is 1. The molecule has 6 nitrogen and oxygen atoms in total. The third kappa shape index (κ3) is 4.46. The first-order chi connectivity index (χ1) is 10.9. The number of nitrogens with one attached hydrogen (secondary N) is 2. The van der Waals surface area contributed by atoms with Crippen LogP contribution in [0, 0.1) is 0 Å². The second-order valence-electron chi connectivity index (χ2n) is 4.82. The minimum atomic E-state index is -3.66. The van der Waals surface area contributed by atoms with E-state index in [1.54, 1.807) is 37.3 Å². The molecule has 0 aliphatic heterocycles. The number of hydrogen-bond donors (Lipinski definition) is 2. The van der Waals surface area contributed by atoms with Crippen LogP contribution in [0.5, 0.6) is 5.75 Å². The first-order valence-corrected chi connectivity index (χ1v) is 8.47. The van der Waals surface area contributed by atoms with Crippen LogP contribution in [-0.4, -0.2) is 27.5 Å². The summed E-state index contributed by atoms with van der Waals surface area (Å²) in [4.78, 5) is 11.5. The Kier molecular flexibility index (Phi) is 5.23. The molecule has 7 heteroatoms. The summed E-state index contributed by atoms with van der Waals surface area (Å²) in [7, 11) is -2.14. The zero-order valence-corrected chi connectivity index (χ0v) is 13.6. The van der Waals surface area contributed by atoms with E-state index in [9.17, 15) is 13.2 Å². The van der Waals surface area contributed by atoms with Crippen molar-refractivity contribution in [3.8, 4) is 5.75 Å². The summed E-state index contributed by atoms with van der Waals surface area (Å²) >= 11 is 0. The molecular weight excluding hydrogens is 316 g/mol. The summed E-state index contributed by atoms with van der Waals surface area (Å²) < 4.78 is 32.5. The minimum Gasteiger partial charge on any atom is -0.481 e. The number of amides is 1. The molecule has 0 heterocycles. The second kappa shape index (κ2) is 7.15. The quantitative estimate of drug-likeness (QED) is 0.846. The van der Waals surface area contributed by atoms with E-state index in [0.29, 0.717) is 11.4 Å². The Balaban J connectivity index is 2.11. The number of anilines is 1. The average Bonchev–Trinajstić information content (AvgIpc) is 2.55. The van der Waals surface area contributed by atoms with Gasteiger partial charge in [0.15, 0.2) is 6.10 Å². The molecule has 1 amide bonds. The van der Waals surface area contributed by atoms with E-state index in [4.69, 9.17) is 4.74 Å². The highest BCUT2D eigenvalue weighted by Gasteiger charge is 2.16. The van der Waals surface area contributed by atoms with Crippen molar-refractivity contribution in [2.75, 3.05) is 11.8 Å². The monoisotopic (exact) mass is 334 g/mol. The Labute approximate surface area is 135 Å². The molecule has 0 aliphatic rings. The first-order valence-electron chi connectivity index (χ1n) is 6.98. The van der Waals surface area contributed by atoms with E-state index in [1.165, 1.54) is 31.3 Å². The van der Waals surface area contributed by atoms with Gasteiger partial charge in [-0.2, -0.15) is 0 Å². The zero-order chi connectivity index (χ0) is 16.9. The fourth-order valence-corrected chi connectivity index (χ4v) is 2.94. The van der Waals surface area contributed by atoms with Gasteiger partial charge in [0, 0.05) is 12.7 Å². The van der Waals surface area contributed by atoms with Crippen molar-refractivity contribution in [3.63, 3.8) is 0 Å². The minimum absolute atomic E-state index is 0.112. The zero-order valence-electron chi connectivity index (χ0n) is 12.8. The maximum atomic E-state index is 12.3. The lowest BCUT2D eigenvalue weighted by Gasteiger charge is -2.13. The maximum Gasteiger partial charge on any atom is 0.261 e. The molecule has 0 bridgehead atoms. The van der Waals surface area contributed by atoms with Crippen molar-refractivity contribution >= 4 is 21.6 Å². The Hall–Kier alpha value is -2.54. The SMILES string of the molecule is CNC(=O)[C@@H](C)Oc1ccc(S(=O)(=O)Nc2ccccc2)cc1. The van der Waals surface area contributed by atoms with Crippen molar-refractivity contribution in [2.45, 2.75) is 17.9 Å². The Morgan fingerprint density at radius 2 is 1.65 bits per heavy atom. The van der Waals surface area contributed by atoms with Gasteiger partial charge in [-0.1, -0.05) is 18.2 Å². The van der Waals surface area contributed by atoms with Crippen LogP contribution < -0.4 is 14.8 Å². The maximum absolute atomic E-state index is 12.3. The largest absolute Gasteiger partial charge is 0.481 e. The highest BCUT2D eigenvalue weighted by atomic mass is 32.2. The molecule has 0 unspecified atom stereocenters. The molecular formula is C16H18N2O4S. The van der Waals surface area contributed by atoms with Crippen molar-refractivity contribution < 1.29 is 17.9 Å². The summed E-state index contributed by atoms with van der Waals surface area (Å²) in [6, 6.07) is 14.5. The molecule has 1 atom stereocenters. The van der Waals surface area contributed by atoms with Gasteiger partial charge < -0.3 is 10.1 Å². The molecule has 0 saturated carbocycles. The molecule has 0 spiro atoms. The van der Waals surface area contributed by atoms with Crippen LogP contribution in [0.25, 0.3) is 0 Å². The lowest BCUT2D eigenvalue weighted by Crippen LogP contribution is -2.33. The molecule has 2 rings (SSSR count). The lowest BCUT2D eigenvalue weighted by molar-refractivity contribution is -0.126. The molecule has 0 radical (unpaired) electrons. The van der Waals surface area contributed by atoms with E-state index in [1.807, 2.05) is 0 Å². The molecule has 0 fully saturated rings. The van der Waals surface area contributed by atoms with E-state index in [-0.39, 0.29) is 10.8 Å².